The van der Waals surface area contributed by atoms with E-state index in [0.717, 1.165) is 24.3 Å². The lowest BCUT2D eigenvalue weighted by Crippen LogP contribution is -2.32. The zero-order chi connectivity index (χ0) is 18.1. The van der Waals surface area contributed by atoms with Crippen molar-refractivity contribution in [2.75, 3.05) is 26.7 Å². The second kappa shape index (κ2) is 14.1. The fourth-order valence-electron chi connectivity index (χ4n) is 2.53. The largest absolute Gasteiger partial charge is 0.492 e. The number of hydrogen-bond donors (Lipinski definition) is 3. The smallest absolute Gasteiger partial charge is 0.119 e. The number of nitrogens with one attached hydrogen (secondary N) is 2. The van der Waals surface area contributed by atoms with E-state index >= 15 is 0 Å². The zero-order valence-corrected chi connectivity index (χ0v) is 18.0. The molecule has 3 N–H and O–H groups in total. The predicted molar refractivity (Wildman–Crippen MR) is 118 cm³/mol. The van der Waals surface area contributed by atoms with Gasteiger partial charge < -0.3 is 20.5 Å². The Labute approximate surface area is 179 Å². The molecule has 2 aromatic carbocycles. The quantitative estimate of drug-likeness (QED) is 0.493. The topological polar surface area (TPSA) is 53.5 Å². The van der Waals surface area contributed by atoms with Gasteiger partial charge in [0.25, 0.3) is 0 Å². The van der Waals surface area contributed by atoms with Crippen molar-refractivity contribution in [3.8, 4) is 5.75 Å². The highest BCUT2D eigenvalue weighted by Gasteiger charge is 2.10. The molecule has 0 amide bonds. The van der Waals surface area contributed by atoms with E-state index in [0.29, 0.717) is 18.2 Å². The molecule has 152 valence electrons. The first-order valence-electron chi connectivity index (χ1n) is 8.61. The number of ether oxygens (including phenoxy) is 1. The van der Waals surface area contributed by atoms with E-state index < -0.39 is 6.10 Å². The van der Waals surface area contributed by atoms with Gasteiger partial charge in [0.15, 0.2) is 0 Å². The van der Waals surface area contributed by atoms with E-state index in [-0.39, 0.29) is 30.9 Å². The summed E-state index contributed by atoms with van der Waals surface area (Å²) in [5.74, 6) is 0.887. The maximum absolute atomic E-state index is 10.2. The molecule has 2 atom stereocenters. The molecule has 4 nitrogen and oxygen atoms in total. The molecule has 0 aliphatic rings. The lowest BCUT2D eigenvalue weighted by Gasteiger charge is -2.18. The summed E-state index contributed by atoms with van der Waals surface area (Å²) in [7, 11) is 1.91. The summed E-state index contributed by atoms with van der Waals surface area (Å²) < 4.78 is 5.62. The SMILES string of the molecule is CNCCOc1ccc(CC(C)NCC(O)c2ccc(Cl)cc2)cc1.Cl.Cl. The van der Waals surface area contributed by atoms with Crippen LogP contribution in [0.3, 0.4) is 0 Å². The minimum absolute atomic E-state index is 0. The molecule has 2 rings (SSSR count). The highest BCUT2D eigenvalue weighted by Crippen LogP contribution is 2.17. The minimum atomic E-state index is -0.539. The Balaban J connectivity index is 0.00000338. The van der Waals surface area contributed by atoms with Gasteiger partial charge in [0.2, 0.25) is 0 Å². The second-order valence-corrected chi connectivity index (χ2v) is 6.61. The molecule has 0 spiro atoms. The molecule has 0 fully saturated rings. The average molecular weight is 436 g/mol. The summed E-state index contributed by atoms with van der Waals surface area (Å²) in [6.45, 7) is 4.12. The first kappa shape index (κ1) is 26.0. The fraction of sp³-hybridized carbons (Fsp3) is 0.400. The van der Waals surface area contributed by atoms with E-state index in [4.69, 9.17) is 16.3 Å². The van der Waals surface area contributed by atoms with E-state index in [1.54, 1.807) is 12.1 Å². The first-order chi connectivity index (χ1) is 12.1. The van der Waals surface area contributed by atoms with Crippen molar-refractivity contribution in [2.24, 2.45) is 0 Å². The van der Waals surface area contributed by atoms with Gasteiger partial charge in [0, 0.05) is 24.2 Å². The van der Waals surface area contributed by atoms with E-state index in [1.165, 1.54) is 5.56 Å². The summed E-state index contributed by atoms with van der Waals surface area (Å²) in [4.78, 5) is 0. The van der Waals surface area contributed by atoms with Crippen LogP contribution in [0.25, 0.3) is 0 Å². The molecular weight excluding hydrogens is 407 g/mol. The molecule has 2 unspecified atom stereocenters. The molecule has 0 saturated carbocycles. The maximum Gasteiger partial charge on any atom is 0.119 e. The number of likely N-dealkylation sites (N-methyl/N-ethyl adjacent to an activating group) is 1. The van der Waals surface area contributed by atoms with Crippen LogP contribution in [0.4, 0.5) is 0 Å². The Bertz CT molecular complexity index is 624. The predicted octanol–water partition coefficient (Wildman–Crippen LogP) is 4.04. The van der Waals surface area contributed by atoms with Crippen molar-refractivity contribution in [2.45, 2.75) is 25.5 Å². The Morgan fingerprint density at radius 2 is 1.67 bits per heavy atom. The van der Waals surface area contributed by atoms with Crippen molar-refractivity contribution < 1.29 is 9.84 Å². The third-order valence-electron chi connectivity index (χ3n) is 4.00. The van der Waals surface area contributed by atoms with Crippen LogP contribution in [0, 0.1) is 0 Å². The van der Waals surface area contributed by atoms with Gasteiger partial charge in [-0.3, -0.25) is 0 Å². The summed E-state index contributed by atoms with van der Waals surface area (Å²) in [5, 5.41) is 17.3. The van der Waals surface area contributed by atoms with Crippen molar-refractivity contribution in [1.29, 1.82) is 0 Å². The van der Waals surface area contributed by atoms with Crippen LogP contribution in [-0.2, 0) is 6.42 Å². The molecule has 0 saturated heterocycles. The zero-order valence-electron chi connectivity index (χ0n) is 15.7. The van der Waals surface area contributed by atoms with Crippen molar-refractivity contribution in [1.82, 2.24) is 10.6 Å². The summed E-state index contributed by atoms with van der Waals surface area (Å²) in [6, 6.07) is 15.7. The van der Waals surface area contributed by atoms with Gasteiger partial charge in [0.05, 0.1) is 6.10 Å². The fourth-order valence-corrected chi connectivity index (χ4v) is 2.66. The van der Waals surface area contributed by atoms with Gasteiger partial charge in [0.1, 0.15) is 12.4 Å². The van der Waals surface area contributed by atoms with Crippen LogP contribution in [-0.4, -0.2) is 37.9 Å². The standard InChI is InChI=1S/C20H27ClN2O2.2ClH/c1-15(23-14-20(24)17-5-7-18(21)8-6-17)13-16-3-9-19(10-4-16)25-12-11-22-2;;/h3-10,15,20,22-24H,11-14H2,1-2H3;2*1H. The van der Waals surface area contributed by atoms with Crippen molar-refractivity contribution in [3.63, 3.8) is 0 Å². The molecule has 0 aromatic heterocycles. The summed E-state index contributed by atoms with van der Waals surface area (Å²) in [5.41, 5.74) is 2.11. The number of aliphatic hydroxyl groups excluding tert-OH is 1. The van der Waals surface area contributed by atoms with Crippen LogP contribution >= 0.6 is 36.4 Å². The van der Waals surface area contributed by atoms with Crippen LogP contribution in [0.2, 0.25) is 5.02 Å². The van der Waals surface area contributed by atoms with Gasteiger partial charge in [-0.25, -0.2) is 0 Å². The molecule has 0 heterocycles. The lowest BCUT2D eigenvalue weighted by atomic mass is 10.1. The second-order valence-electron chi connectivity index (χ2n) is 6.18. The highest BCUT2D eigenvalue weighted by atomic mass is 35.5. The number of rotatable bonds is 10. The molecular formula is C20H29Cl3N2O2. The van der Waals surface area contributed by atoms with Crippen LogP contribution < -0.4 is 15.4 Å². The van der Waals surface area contributed by atoms with E-state index in [1.807, 2.05) is 31.3 Å². The minimum Gasteiger partial charge on any atom is -0.492 e. The molecule has 7 heteroatoms. The molecule has 0 radical (unpaired) electrons. The Kier molecular flexibility index (Phi) is 13.5. The lowest BCUT2D eigenvalue weighted by molar-refractivity contribution is 0.170. The van der Waals surface area contributed by atoms with Crippen molar-refractivity contribution >= 4 is 36.4 Å². The van der Waals surface area contributed by atoms with Gasteiger partial charge >= 0.3 is 0 Å². The highest BCUT2D eigenvalue weighted by molar-refractivity contribution is 6.30. The first-order valence-corrected chi connectivity index (χ1v) is 8.99. The Hall–Kier alpha value is -1.01. The van der Waals surface area contributed by atoms with Crippen molar-refractivity contribution in [3.05, 3.63) is 64.7 Å². The maximum atomic E-state index is 10.2. The summed E-state index contributed by atoms with van der Waals surface area (Å²) in [6.07, 6.45) is 0.354. The number of aliphatic hydroxyl groups is 1. The molecule has 27 heavy (non-hydrogen) atoms. The monoisotopic (exact) mass is 434 g/mol. The van der Waals surface area contributed by atoms with Gasteiger partial charge in [-0.2, -0.15) is 0 Å². The Morgan fingerprint density at radius 3 is 2.26 bits per heavy atom. The van der Waals surface area contributed by atoms with Crippen LogP contribution in [0.5, 0.6) is 5.75 Å². The van der Waals surface area contributed by atoms with Crippen LogP contribution in [0.15, 0.2) is 48.5 Å². The summed E-state index contributed by atoms with van der Waals surface area (Å²) >= 11 is 5.87. The number of halogens is 3. The van der Waals surface area contributed by atoms with Gasteiger partial charge in [-0.15, -0.1) is 24.8 Å². The normalized spacial score (nSPS) is 12.4. The van der Waals surface area contributed by atoms with Gasteiger partial charge in [-0.05, 0) is 55.8 Å². The number of hydrogen-bond acceptors (Lipinski definition) is 4. The third kappa shape index (κ3) is 9.65. The molecule has 0 aliphatic heterocycles. The number of benzene rings is 2. The van der Waals surface area contributed by atoms with Gasteiger partial charge in [-0.1, -0.05) is 35.9 Å². The molecule has 0 aliphatic carbocycles. The third-order valence-corrected chi connectivity index (χ3v) is 4.25. The average Bonchev–Trinajstić information content (AvgIpc) is 2.62. The Morgan fingerprint density at radius 1 is 1.04 bits per heavy atom. The van der Waals surface area contributed by atoms with Crippen LogP contribution in [0.1, 0.15) is 24.2 Å². The van der Waals surface area contributed by atoms with E-state index in [2.05, 4.69) is 29.7 Å². The molecule has 0 bridgehead atoms. The van der Waals surface area contributed by atoms with E-state index in [9.17, 15) is 5.11 Å². The molecule has 2 aromatic rings.